The number of hydrogen-bond donors (Lipinski definition) is 0. The van der Waals surface area contributed by atoms with E-state index in [2.05, 4.69) is 41.9 Å². The largest absolute Gasteiger partial charge is 0.329 e. The zero-order valence-electron chi connectivity index (χ0n) is 13.6. The van der Waals surface area contributed by atoms with E-state index in [1.807, 2.05) is 0 Å². The fourth-order valence-electron chi connectivity index (χ4n) is 1.91. The van der Waals surface area contributed by atoms with E-state index in [4.69, 9.17) is 9.05 Å². The third kappa shape index (κ3) is 8.77. The van der Waals surface area contributed by atoms with E-state index in [0.29, 0.717) is 13.2 Å². The second-order valence-electron chi connectivity index (χ2n) is 5.97. The second-order valence-corrected chi connectivity index (χ2v) is 7.05. The van der Waals surface area contributed by atoms with Crippen molar-refractivity contribution in [1.82, 2.24) is 0 Å². The number of nitrogens with zero attached hydrogens (tertiary/aromatic N) is 2. The van der Waals surface area contributed by atoms with Crippen LogP contribution in [-0.2, 0) is 13.6 Å². The average Bonchev–Trinajstić information content (AvgIpc) is 2.34. The summed E-state index contributed by atoms with van der Waals surface area (Å²) in [6, 6.07) is 0. The molecule has 0 heterocycles. The molecule has 0 fully saturated rings. The first kappa shape index (κ1) is 19.1. The van der Waals surface area contributed by atoms with Gasteiger partial charge in [0.25, 0.3) is 0 Å². The zero-order chi connectivity index (χ0) is 14.9. The van der Waals surface area contributed by atoms with Crippen LogP contribution in [-0.4, -0.2) is 76.0 Å². The molecule has 0 bridgehead atoms. The van der Waals surface area contributed by atoms with Gasteiger partial charge in [-0.25, -0.2) is 0 Å². The molecular formula is C13H33N2O3P+2. The number of likely N-dealkylation sites (N-methyl/N-ethyl adjacent to an activating group) is 2. The molecule has 116 valence electrons. The average molecular weight is 296 g/mol. The minimum Gasteiger partial charge on any atom is -0.329 e. The summed E-state index contributed by atoms with van der Waals surface area (Å²) in [5, 5.41) is 0. The molecule has 0 N–H and O–H groups in total. The molecule has 5 nitrogen and oxygen atoms in total. The fourth-order valence-corrected chi connectivity index (χ4v) is 2.51. The molecule has 0 spiro atoms. The summed E-state index contributed by atoms with van der Waals surface area (Å²) in [4.78, 5) is 0. The van der Waals surface area contributed by atoms with E-state index >= 15 is 0 Å². The van der Waals surface area contributed by atoms with Gasteiger partial charge in [-0.05, 0) is 20.8 Å². The van der Waals surface area contributed by atoms with E-state index in [0.717, 1.165) is 41.7 Å². The molecule has 0 radical (unpaired) electrons. The molecule has 0 aromatic rings. The number of rotatable bonds is 11. The second kappa shape index (κ2) is 9.09. The van der Waals surface area contributed by atoms with Crippen LogP contribution in [0.3, 0.4) is 0 Å². The van der Waals surface area contributed by atoms with Gasteiger partial charge in [0.1, 0.15) is 26.3 Å². The Morgan fingerprint density at radius 2 is 1.26 bits per heavy atom. The highest BCUT2D eigenvalue weighted by Crippen LogP contribution is 2.23. The molecule has 0 aromatic carbocycles. The van der Waals surface area contributed by atoms with Crippen molar-refractivity contribution in [2.24, 2.45) is 0 Å². The van der Waals surface area contributed by atoms with Crippen LogP contribution in [0.5, 0.6) is 0 Å². The Labute approximate surface area is 119 Å². The van der Waals surface area contributed by atoms with E-state index in [9.17, 15) is 4.57 Å². The lowest BCUT2D eigenvalue weighted by molar-refractivity contribution is -0.923. The molecule has 0 aliphatic carbocycles. The van der Waals surface area contributed by atoms with Crippen molar-refractivity contribution in [3.63, 3.8) is 0 Å². The molecule has 0 aromatic heterocycles. The maximum absolute atomic E-state index is 11.6. The summed E-state index contributed by atoms with van der Waals surface area (Å²) in [6.45, 7) is 12.5. The van der Waals surface area contributed by atoms with Gasteiger partial charge in [0.2, 0.25) is 0 Å². The monoisotopic (exact) mass is 296 g/mol. The highest BCUT2D eigenvalue weighted by Gasteiger charge is 2.20. The Hall–Kier alpha value is 0.0700. The SMILES string of the molecule is CC[N+](CC)(CC)CCO[PH](=O)OCC[N+](C)(C)C. The Morgan fingerprint density at radius 1 is 0.842 bits per heavy atom. The molecule has 0 saturated carbocycles. The summed E-state index contributed by atoms with van der Waals surface area (Å²) in [7, 11) is 3.91. The van der Waals surface area contributed by atoms with Gasteiger partial charge in [0, 0.05) is 0 Å². The Bertz CT molecular complexity index is 255. The predicted octanol–water partition coefficient (Wildman–Crippen LogP) is 1.99. The van der Waals surface area contributed by atoms with Crippen molar-refractivity contribution in [3.8, 4) is 0 Å². The first-order chi connectivity index (χ1) is 8.78. The third-order valence-electron chi connectivity index (χ3n) is 3.78. The van der Waals surface area contributed by atoms with Gasteiger partial charge in [0.05, 0.1) is 40.8 Å². The molecule has 0 saturated heterocycles. The molecule has 19 heavy (non-hydrogen) atoms. The van der Waals surface area contributed by atoms with Gasteiger partial charge in [-0.1, -0.05) is 0 Å². The maximum Gasteiger partial charge on any atom is 0.319 e. The molecule has 0 rings (SSSR count). The van der Waals surface area contributed by atoms with Crippen LogP contribution in [0.4, 0.5) is 0 Å². The van der Waals surface area contributed by atoms with Gasteiger partial charge < -0.3 is 18.0 Å². The minimum atomic E-state index is -2.33. The van der Waals surface area contributed by atoms with Crippen molar-refractivity contribution in [2.45, 2.75) is 20.8 Å². The summed E-state index contributed by atoms with van der Waals surface area (Å²) < 4.78 is 24.0. The normalized spacial score (nSPS) is 14.6. The van der Waals surface area contributed by atoms with Gasteiger partial charge in [-0.15, -0.1) is 0 Å². The lowest BCUT2D eigenvalue weighted by Crippen LogP contribution is -2.49. The minimum absolute atomic E-state index is 0.483. The van der Waals surface area contributed by atoms with Gasteiger partial charge in [-0.3, -0.25) is 4.57 Å². The van der Waals surface area contributed by atoms with E-state index in [1.54, 1.807) is 0 Å². The van der Waals surface area contributed by atoms with Gasteiger partial charge >= 0.3 is 8.25 Å². The molecule has 0 aliphatic heterocycles. The molecular weight excluding hydrogens is 263 g/mol. The van der Waals surface area contributed by atoms with Crippen molar-refractivity contribution in [3.05, 3.63) is 0 Å². The summed E-state index contributed by atoms with van der Waals surface area (Å²) in [6.07, 6.45) is 0. The molecule has 6 heteroatoms. The predicted molar refractivity (Wildman–Crippen MR) is 80.6 cm³/mol. The van der Waals surface area contributed by atoms with Crippen LogP contribution in [0, 0.1) is 0 Å². The third-order valence-corrected chi connectivity index (χ3v) is 4.66. The lowest BCUT2D eigenvalue weighted by Gasteiger charge is -2.35. The highest BCUT2D eigenvalue weighted by molar-refractivity contribution is 7.33. The first-order valence-electron chi connectivity index (χ1n) is 7.23. The van der Waals surface area contributed by atoms with Crippen molar-refractivity contribution in [1.29, 1.82) is 0 Å². The standard InChI is InChI=1S/C13H33N2O3P/c1-7-15(8-2,9-3)11-13-18-19(16)17-12-10-14(4,5)6/h19H,7-13H2,1-6H3/q+2. The quantitative estimate of drug-likeness (QED) is 0.432. The van der Waals surface area contributed by atoms with Crippen LogP contribution in [0.15, 0.2) is 0 Å². The topological polar surface area (TPSA) is 35.5 Å². The molecule has 0 aliphatic rings. The lowest BCUT2D eigenvalue weighted by atomic mass is 10.3. The van der Waals surface area contributed by atoms with E-state index in [1.165, 1.54) is 0 Å². The van der Waals surface area contributed by atoms with Crippen LogP contribution in [0.1, 0.15) is 20.8 Å². The molecule has 1 unspecified atom stereocenters. The number of quaternary nitrogens is 2. The fraction of sp³-hybridized carbons (Fsp3) is 1.00. The Morgan fingerprint density at radius 3 is 1.63 bits per heavy atom. The maximum atomic E-state index is 11.6. The highest BCUT2D eigenvalue weighted by atomic mass is 31.1. The molecule has 1 atom stereocenters. The smallest absolute Gasteiger partial charge is 0.319 e. The van der Waals surface area contributed by atoms with Crippen LogP contribution in [0.25, 0.3) is 0 Å². The molecule has 0 amide bonds. The van der Waals surface area contributed by atoms with E-state index < -0.39 is 8.25 Å². The van der Waals surface area contributed by atoms with Crippen LogP contribution < -0.4 is 0 Å². The Kier molecular flexibility index (Phi) is 9.12. The van der Waals surface area contributed by atoms with Gasteiger partial charge in [-0.2, -0.15) is 0 Å². The summed E-state index contributed by atoms with van der Waals surface area (Å²) >= 11 is 0. The van der Waals surface area contributed by atoms with Crippen molar-refractivity contribution < 1.29 is 22.6 Å². The summed E-state index contributed by atoms with van der Waals surface area (Å²) in [5.41, 5.74) is 0. The van der Waals surface area contributed by atoms with Crippen LogP contribution >= 0.6 is 8.25 Å². The number of hydrogen-bond acceptors (Lipinski definition) is 3. The van der Waals surface area contributed by atoms with Crippen molar-refractivity contribution >= 4 is 8.25 Å². The van der Waals surface area contributed by atoms with Crippen molar-refractivity contribution in [2.75, 3.05) is 67.1 Å². The van der Waals surface area contributed by atoms with Gasteiger partial charge in [0.15, 0.2) is 0 Å². The van der Waals surface area contributed by atoms with E-state index in [-0.39, 0.29) is 0 Å². The van der Waals surface area contributed by atoms with Crippen LogP contribution in [0.2, 0.25) is 0 Å². The zero-order valence-corrected chi connectivity index (χ0v) is 14.6. The Balaban J connectivity index is 3.85. The first-order valence-corrected chi connectivity index (χ1v) is 8.46. The summed E-state index contributed by atoms with van der Waals surface area (Å²) in [5.74, 6) is 0.